The molecule has 0 aliphatic heterocycles. The molecule has 1 amide bonds. The molecule has 0 fully saturated rings. The highest BCUT2D eigenvalue weighted by Crippen LogP contribution is 2.23. The van der Waals surface area contributed by atoms with Crippen molar-refractivity contribution in [1.29, 1.82) is 0 Å². The van der Waals surface area contributed by atoms with Crippen LogP contribution in [-0.2, 0) is 26.1 Å². The Kier molecular flexibility index (Phi) is 7.48. The summed E-state index contributed by atoms with van der Waals surface area (Å²) < 4.78 is 35.9. The zero-order valence-electron chi connectivity index (χ0n) is 18.5. The van der Waals surface area contributed by atoms with Crippen LogP contribution in [0.2, 0.25) is 0 Å². The second-order valence-corrected chi connectivity index (χ2v) is 10.9. The summed E-state index contributed by atoms with van der Waals surface area (Å²) in [6.07, 6.45) is 0. The van der Waals surface area contributed by atoms with E-state index in [9.17, 15) is 18.0 Å². The predicted molar refractivity (Wildman–Crippen MR) is 138 cm³/mol. The maximum absolute atomic E-state index is 12.9. The third-order valence-corrected chi connectivity index (χ3v) is 7.80. The van der Waals surface area contributed by atoms with Gasteiger partial charge in [0, 0.05) is 15.7 Å². The summed E-state index contributed by atoms with van der Waals surface area (Å²) in [5, 5.41) is 0. The maximum atomic E-state index is 12.9. The van der Waals surface area contributed by atoms with Crippen LogP contribution >= 0.6 is 27.3 Å². The van der Waals surface area contributed by atoms with Gasteiger partial charge < -0.3 is 9.30 Å². The molecule has 3 aromatic carbocycles. The Labute approximate surface area is 214 Å². The van der Waals surface area contributed by atoms with E-state index in [4.69, 9.17) is 4.74 Å². The molecule has 1 aromatic heterocycles. The highest BCUT2D eigenvalue weighted by molar-refractivity contribution is 9.10. The molecule has 1 N–H and O–H groups in total. The maximum Gasteiger partial charge on any atom is 0.326 e. The molecular weight excluding hydrogens is 554 g/mol. The third-order valence-electron chi connectivity index (χ3n) is 4.87. The van der Waals surface area contributed by atoms with Gasteiger partial charge in [-0.25, -0.2) is 8.42 Å². The molecule has 0 saturated carbocycles. The minimum Gasteiger partial charge on any atom is -0.465 e. The lowest BCUT2D eigenvalue weighted by Crippen LogP contribution is -2.23. The molecule has 180 valence electrons. The number of hydrogen-bond acceptors (Lipinski definition) is 6. The molecule has 8 nitrogen and oxygen atoms in total. The van der Waals surface area contributed by atoms with Crippen LogP contribution in [0.3, 0.4) is 0 Å². The molecule has 0 aliphatic rings. The number of thiazole rings is 1. The number of benzene rings is 3. The van der Waals surface area contributed by atoms with Gasteiger partial charge in [0.2, 0.25) is 0 Å². The Bertz CT molecular complexity index is 1560. The number of sulfonamides is 1. The second kappa shape index (κ2) is 10.5. The molecule has 1 heterocycles. The number of fused-ring (bicyclic) bond motifs is 1. The Morgan fingerprint density at radius 2 is 1.77 bits per heavy atom. The average molecular weight is 574 g/mol. The van der Waals surface area contributed by atoms with Crippen molar-refractivity contribution in [1.82, 2.24) is 4.57 Å². The van der Waals surface area contributed by atoms with Crippen LogP contribution in [0.1, 0.15) is 17.3 Å². The summed E-state index contributed by atoms with van der Waals surface area (Å²) in [5.74, 6) is -0.954. The molecule has 0 radical (unpaired) electrons. The van der Waals surface area contributed by atoms with Crippen molar-refractivity contribution in [2.45, 2.75) is 18.4 Å². The number of nitrogens with zero attached hydrogens (tertiary/aromatic N) is 2. The van der Waals surface area contributed by atoms with Crippen molar-refractivity contribution in [3.05, 3.63) is 87.6 Å². The van der Waals surface area contributed by atoms with Crippen molar-refractivity contribution in [3.8, 4) is 0 Å². The van der Waals surface area contributed by atoms with Crippen molar-refractivity contribution < 1.29 is 22.7 Å². The van der Waals surface area contributed by atoms with Crippen molar-refractivity contribution in [3.63, 3.8) is 0 Å². The van der Waals surface area contributed by atoms with Gasteiger partial charge in [0.1, 0.15) is 6.54 Å². The summed E-state index contributed by atoms with van der Waals surface area (Å²) in [6, 6.07) is 19.6. The summed E-state index contributed by atoms with van der Waals surface area (Å²) in [4.78, 5) is 29.8. The monoisotopic (exact) mass is 573 g/mol. The number of carbonyl (C=O) groups excluding carboxylic acids is 2. The summed E-state index contributed by atoms with van der Waals surface area (Å²) >= 11 is 4.71. The Hall–Kier alpha value is -3.28. The number of esters is 1. The fourth-order valence-corrected chi connectivity index (χ4v) is 5.93. The third kappa shape index (κ3) is 5.87. The minimum atomic E-state index is -3.74. The fourth-order valence-electron chi connectivity index (χ4n) is 3.27. The second-order valence-electron chi connectivity index (χ2n) is 7.30. The highest BCUT2D eigenvalue weighted by Gasteiger charge is 2.15. The van der Waals surface area contributed by atoms with Gasteiger partial charge in [0.15, 0.2) is 4.80 Å². The van der Waals surface area contributed by atoms with Crippen molar-refractivity contribution in [2.75, 3.05) is 11.3 Å². The Balaban J connectivity index is 1.62. The molecule has 0 saturated heterocycles. The summed E-state index contributed by atoms with van der Waals surface area (Å²) in [6.45, 7) is 1.89. The van der Waals surface area contributed by atoms with Gasteiger partial charge in [-0.15, -0.1) is 0 Å². The molecular formula is C24H20BrN3O5S2. The first kappa shape index (κ1) is 24.8. The number of carbonyl (C=O) groups is 2. The van der Waals surface area contributed by atoms with E-state index in [2.05, 4.69) is 25.6 Å². The number of rotatable bonds is 7. The number of halogens is 1. The van der Waals surface area contributed by atoms with E-state index in [1.54, 1.807) is 29.7 Å². The minimum absolute atomic E-state index is 0.0816. The summed E-state index contributed by atoms with van der Waals surface area (Å²) in [7, 11) is -3.74. The molecule has 35 heavy (non-hydrogen) atoms. The lowest BCUT2D eigenvalue weighted by molar-refractivity contribution is -0.143. The van der Waals surface area contributed by atoms with E-state index in [-0.39, 0.29) is 23.6 Å². The molecule has 0 bridgehead atoms. The molecule has 0 aliphatic carbocycles. The van der Waals surface area contributed by atoms with E-state index in [1.807, 2.05) is 18.2 Å². The average Bonchev–Trinajstić information content (AvgIpc) is 3.15. The van der Waals surface area contributed by atoms with Crippen molar-refractivity contribution in [2.24, 2.45) is 4.99 Å². The first-order valence-electron chi connectivity index (χ1n) is 10.5. The first-order valence-corrected chi connectivity index (χ1v) is 13.6. The first-order chi connectivity index (χ1) is 16.8. The predicted octanol–water partition coefficient (Wildman–Crippen LogP) is 4.57. The van der Waals surface area contributed by atoms with Gasteiger partial charge >= 0.3 is 5.97 Å². The normalized spacial score (nSPS) is 12.0. The SMILES string of the molecule is CCOC(=O)Cn1c(=NC(=O)c2ccc(NS(=O)(=O)c3ccccc3)cc2)sc2cc(Br)ccc21. The van der Waals surface area contributed by atoms with Crippen LogP contribution in [0.25, 0.3) is 10.2 Å². The lowest BCUT2D eigenvalue weighted by Gasteiger charge is -2.08. The summed E-state index contributed by atoms with van der Waals surface area (Å²) in [5.41, 5.74) is 1.34. The van der Waals surface area contributed by atoms with Crippen LogP contribution < -0.4 is 9.52 Å². The molecule has 0 atom stereocenters. The van der Waals surface area contributed by atoms with Gasteiger partial charge in [0.05, 0.1) is 21.7 Å². The molecule has 0 unspecified atom stereocenters. The van der Waals surface area contributed by atoms with E-state index in [1.165, 1.54) is 47.7 Å². The number of amides is 1. The van der Waals surface area contributed by atoms with Gasteiger partial charge in [-0.05, 0) is 61.5 Å². The fraction of sp³-hybridized carbons (Fsp3) is 0.125. The van der Waals surface area contributed by atoms with E-state index in [0.717, 1.165) is 14.7 Å². The number of anilines is 1. The van der Waals surface area contributed by atoms with Crippen LogP contribution in [0, 0.1) is 0 Å². The number of nitrogens with one attached hydrogen (secondary N) is 1. The van der Waals surface area contributed by atoms with Crippen molar-refractivity contribution >= 4 is 65.1 Å². The van der Waals surface area contributed by atoms with Gasteiger partial charge in [-0.1, -0.05) is 45.5 Å². The van der Waals surface area contributed by atoms with Crippen LogP contribution in [0.5, 0.6) is 0 Å². The van der Waals surface area contributed by atoms with E-state index < -0.39 is 21.9 Å². The molecule has 0 spiro atoms. The Morgan fingerprint density at radius 3 is 2.46 bits per heavy atom. The molecule has 4 aromatic rings. The largest absolute Gasteiger partial charge is 0.465 e. The smallest absolute Gasteiger partial charge is 0.326 e. The highest BCUT2D eigenvalue weighted by atomic mass is 79.9. The van der Waals surface area contributed by atoms with E-state index in [0.29, 0.717) is 10.5 Å². The van der Waals surface area contributed by atoms with Gasteiger partial charge in [-0.2, -0.15) is 4.99 Å². The van der Waals surface area contributed by atoms with Crippen LogP contribution in [-0.4, -0.2) is 31.5 Å². The zero-order valence-corrected chi connectivity index (χ0v) is 21.7. The van der Waals surface area contributed by atoms with Gasteiger partial charge in [0.25, 0.3) is 15.9 Å². The molecule has 11 heteroatoms. The quantitative estimate of drug-likeness (QED) is 0.326. The number of hydrogen-bond donors (Lipinski definition) is 1. The van der Waals surface area contributed by atoms with Gasteiger partial charge in [-0.3, -0.25) is 14.3 Å². The zero-order chi connectivity index (χ0) is 25.0. The van der Waals surface area contributed by atoms with Crippen LogP contribution in [0.4, 0.5) is 5.69 Å². The lowest BCUT2D eigenvalue weighted by atomic mass is 10.2. The standard InChI is InChI=1S/C24H20BrN3O5S2/c1-2-33-22(29)15-28-20-13-10-17(25)14-21(20)34-24(28)26-23(30)16-8-11-18(12-9-16)27-35(31,32)19-6-4-3-5-7-19/h3-14,27H,2,15H2,1H3. The number of aromatic nitrogens is 1. The number of ether oxygens (including phenoxy) is 1. The van der Waals surface area contributed by atoms with E-state index >= 15 is 0 Å². The van der Waals surface area contributed by atoms with Crippen LogP contribution in [0.15, 0.2) is 87.2 Å². The molecule has 4 rings (SSSR count). The topological polar surface area (TPSA) is 107 Å². The Morgan fingerprint density at radius 1 is 1.06 bits per heavy atom.